The van der Waals surface area contributed by atoms with Crippen molar-refractivity contribution in [1.29, 1.82) is 0 Å². The van der Waals surface area contributed by atoms with Crippen LogP contribution in [0.2, 0.25) is 0 Å². The topological polar surface area (TPSA) is 63.6 Å². The van der Waals surface area contributed by atoms with Crippen molar-refractivity contribution >= 4 is 11.9 Å². The third-order valence-electron chi connectivity index (χ3n) is 2.95. The molecular formula is C11H20O4. The Kier molecular flexibility index (Phi) is 5.33. The van der Waals surface area contributed by atoms with E-state index in [9.17, 15) is 9.59 Å². The Hall–Kier alpha value is -1.06. The Labute approximate surface area is 90.6 Å². The predicted octanol–water partition coefficient (Wildman–Crippen LogP) is 2.08. The molecule has 0 aliphatic rings. The fraction of sp³-hybridized carbons (Fsp3) is 0.818. The van der Waals surface area contributed by atoms with E-state index >= 15 is 0 Å². The van der Waals surface area contributed by atoms with Gasteiger partial charge in [-0.05, 0) is 26.7 Å². The fourth-order valence-electron chi connectivity index (χ4n) is 1.73. The van der Waals surface area contributed by atoms with E-state index in [0.29, 0.717) is 12.8 Å². The number of carbonyl (C=O) groups excluding carboxylic acids is 1. The van der Waals surface area contributed by atoms with Gasteiger partial charge >= 0.3 is 11.9 Å². The quantitative estimate of drug-likeness (QED) is 0.690. The summed E-state index contributed by atoms with van der Waals surface area (Å²) in [6, 6.07) is 0. The molecule has 0 aliphatic carbocycles. The van der Waals surface area contributed by atoms with Crippen LogP contribution in [-0.2, 0) is 14.3 Å². The van der Waals surface area contributed by atoms with Gasteiger partial charge in [-0.2, -0.15) is 0 Å². The van der Waals surface area contributed by atoms with E-state index in [1.54, 1.807) is 20.8 Å². The van der Waals surface area contributed by atoms with Crippen molar-refractivity contribution in [2.45, 2.75) is 40.5 Å². The second-order valence-electron chi connectivity index (χ2n) is 3.79. The molecular weight excluding hydrogens is 196 g/mol. The number of hydrogen-bond acceptors (Lipinski definition) is 3. The Bertz CT molecular complexity index is 237. The van der Waals surface area contributed by atoms with Crippen molar-refractivity contribution in [3.8, 4) is 0 Å². The Morgan fingerprint density at radius 3 is 2.13 bits per heavy atom. The number of rotatable bonds is 6. The normalized spacial score (nSPS) is 16.5. The molecule has 0 radical (unpaired) electrons. The summed E-state index contributed by atoms with van der Waals surface area (Å²) in [6.45, 7) is 7.24. The first-order chi connectivity index (χ1) is 6.93. The van der Waals surface area contributed by atoms with E-state index in [1.165, 1.54) is 0 Å². The molecule has 0 amide bonds. The summed E-state index contributed by atoms with van der Waals surface area (Å²) in [5.74, 6) is -2.03. The summed E-state index contributed by atoms with van der Waals surface area (Å²) in [5.41, 5.74) is -0.920. The minimum atomic E-state index is -0.935. The third kappa shape index (κ3) is 2.94. The molecule has 88 valence electrons. The molecule has 15 heavy (non-hydrogen) atoms. The van der Waals surface area contributed by atoms with Crippen molar-refractivity contribution in [2.24, 2.45) is 11.3 Å². The third-order valence-corrected chi connectivity index (χ3v) is 2.95. The van der Waals surface area contributed by atoms with Crippen LogP contribution in [-0.4, -0.2) is 23.7 Å². The summed E-state index contributed by atoms with van der Waals surface area (Å²) in [7, 11) is 0. The lowest BCUT2D eigenvalue weighted by Crippen LogP contribution is -2.40. The smallest absolute Gasteiger partial charge is 0.312 e. The van der Waals surface area contributed by atoms with E-state index in [1.807, 2.05) is 6.92 Å². The van der Waals surface area contributed by atoms with Crippen molar-refractivity contribution in [2.75, 3.05) is 6.61 Å². The summed E-state index contributed by atoms with van der Waals surface area (Å²) in [5, 5.41) is 9.05. The number of carboxylic acid groups (broad SMARTS) is 1. The first-order valence-corrected chi connectivity index (χ1v) is 5.34. The van der Waals surface area contributed by atoms with Crippen molar-refractivity contribution in [3.63, 3.8) is 0 Å². The van der Waals surface area contributed by atoms with Crippen molar-refractivity contribution in [1.82, 2.24) is 0 Å². The SMILES string of the molecule is CCOC(=O)C(C)(CC)C(CC)C(=O)O. The average molecular weight is 216 g/mol. The van der Waals surface area contributed by atoms with E-state index < -0.39 is 23.3 Å². The zero-order chi connectivity index (χ0) is 12.1. The Balaban J connectivity index is 4.95. The van der Waals surface area contributed by atoms with Crippen molar-refractivity contribution < 1.29 is 19.4 Å². The molecule has 0 aromatic heterocycles. The lowest BCUT2D eigenvalue weighted by atomic mass is 9.73. The highest BCUT2D eigenvalue weighted by atomic mass is 16.5. The highest BCUT2D eigenvalue weighted by Gasteiger charge is 2.44. The summed E-state index contributed by atoms with van der Waals surface area (Å²) in [6.07, 6.45) is 0.898. The monoisotopic (exact) mass is 216 g/mol. The number of carboxylic acids is 1. The van der Waals surface area contributed by atoms with E-state index in [0.717, 1.165) is 0 Å². The van der Waals surface area contributed by atoms with Gasteiger partial charge in [0.15, 0.2) is 0 Å². The standard InChI is InChI=1S/C11H20O4/c1-5-8(9(12)13)11(4,6-2)10(14)15-7-3/h8H,5-7H2,1-4H3,(H,12,13). The van der Waals surface area contributed by atoms with Gasteiger partial charge in [0.25, 0.3) is 0 Å². The molecule has 2 atom stereocenters. The van der Waals surface area contributed by atoms with Gasteiger partial charge in [0.05, 0.1) is 17.9 Å². The first kappa shape index (κ1) is 13.9. The summed E-state index contributed by atoms with van der Waals surface area (Å²) < 4.78 is 4.93. The highest BCUT2D eigenvalue weighted by Crippen LogP contribution is 2.35. The molecule has 0 fully saturated rings. The van der Waals surface area contributed by atoms with Crippen LogP contribution in [0.5, 0.6) is 0 Å². The second-order valence-corrected chi connectivity index (χ2v) is 3.79. The summed E-state index contributed by atoms with van der Waals surface area (Å²) >= 11 is 0. The zero-order valence-electron chi connectivity index (χ0n) is 9.87. The maximum Gasteiger partial charge on any atom is 0.312 e. The molecule has 1 N–H and O–H groups in total. The Morgan fingerprint density at radius 2 is 1.87 bits per heavy atom. The van der Waals surface area contributed by atoms with Gasteiger partial charge < -0.3 is 9.84 Å². The minimum Gasteiger partial charge on any atom is -0.481 e. The van der Waals surface area contributed by atoms with Gasteiger partial charge in [-0.25, -0.2) is 0 Å². The second kappa shape index (κ2) is 5.73. The lowest BCUT2D eigenvalue weighted by Gasteiger charge is -2.31. The molecule has 0 bridgehead atoms. The molecule has 0 saturated heterocycles. The maximum absolute atomic E-state index is 11.7. The molecule has 0 saturated carbocycles. The molecule has 0 heterocycles. The van der Waals surface area contributed by atoms with Gasteiger partial charge in [0.1, 0.15) is 0 Å². The molecule has 4 heteroatoms. The van der Waals surface area contributed by atoms with Crippen LogP contribution in [0.4, 0.5) is 0 Å². The molecule has 2 unspecified atom stereocenters. The van der Waals surface area contributed by atoms with Gasteiger partial charge in [-0.3, -0.25) is 9.59 Å². The number of aliphatic carboxylic acids is 1. The van der Waals surface area contributed by atoms with Crippen LogP contribution in [0, 0.1) is 11.3 Å². The van der Waals surface area contributed by atoms with E-state index in [-0.39, 0.29) is 6.61 Å². The van der Waals surface area contributed by atoms with Crippen LogP contribution in [0.15, 0.2) is 0 Å². The number of carbonyl (C=O) groups is 2. The lowest BCUT2D eigenvalue weighted by molar-refractivity contribution is -0.166. The van der Waals surface area contributed by atoms with Crippen LogP contribution in [0.25, 0.3) is 0 Å². The highest BCUT2D eigenvalue weighted by molar-refractivity contribution is 5.84. The zero-order valence-corrected chi connectivity index (χ0v) is 9.87. The molecule has 0 aliphatic heterocycles. The molecule has 0 aromatic rings. The number of esters is 1. The van der Waals surface area contributed by atoms with Gasteiger partial charge in [0.2, 0.25) is 0 Å². The molecule has 0 spiro atoms. The van der Waals surface area contributed by atoms with Crippen molar-refractivity contribution in [3.05, 3.63) is 0 Å². The summed E-state index contributed by atoms with van der Waals surface area (Å²) in [4.78, 5) is 22.8. The van der Waals surface area contributed by atoms with E-state index in [4.69, 9.17) is 9.84 Å². The largest absolute Gasteiger partial charge is 0.481 e. The van der Waals surface area contributed by atoms with Gasteiger partial charge in [0, 0.05) is 0 Å². The van der Waals surface area contributed by atoms with Crippen LogP contribution >= 0.6 is 0 Å². The van der Waals surface area contributed by atoms with Gasteiger partial charge in [-0.15, -0.1) is 0 Å². The first-order valence-electron chi connectivity index (χ1n) is 5.34. The van der Waals surface area contributed by atoms with Crippen LogP contribution in [0.3, 0.4) is 0 Å². The number of hydrogen-bond donors (Lipinski definition) is 1. The van der Waals surface area contributed by atoms with Crippen LogP contribution in [0.1, 0.15) is 40.5 Å². The van der Waals surface area contributed by atoms with E-state index in [2.05, 4.69) is 0 Å². The fourth-order valence-corrected chi connectivity index (χ4v) is 1.73. The predicted molar refractivity (Wildman–Crippen MR) is 56.4 cm³/mol. The molecule has 0 aromatic carbocycles. The minimum absolute atomic E-state index is 0.282. The number of ether oxygens (including phenoxy) is 1. The molecule has 4 nitrogen and oxygen atoms in total. The molecule has 0 rings (SSSR count). The maximum atomic E-state index is 11.7. The van der Waals surface area contributed by atoms with Gasteiger partial charge in [-0.1, -0.05) is 13.8 Å². The van der Waals surface area contributed by atoms with Crippen LogP contribution < -0.4 is 0 Å². The average Bonchev–Trinajstić information content (AvgIpc) is 2.18. The Morgan fingerprint density at radius 1 is 1.33 bits per heavy atom.